The van der Waals surface area contributed by atoms with Crippen LogP contribution in [0.5, 0.6) is 0 Å². The van der Waals surface area contributed by atoms with E-state index in [9.17, 15) is 9.59 Å². The van der Waals surface area contributed by atoms with Gasteiger partial charge in [0.15, 0.2) is 0 Å². The number of nitrogens with one attached hydrogen (secondary N) is 1. The zero-order chi connectivity index (χ0) is 22.7. The summed E-state index contributed by atoms with van der Waals surface area (Å²) >= 11 is 1.46. The van der Waals surface area contributed by atoms with Gasteiger partial charge < -0.3 is 15.0 Å². The minimum absolute atomic E-state index is 0.0479. The lowest BCUT2D eigenvalue weighted by atomic mass is 9.99. The summed E-state index contributed by atoms with van der Waals surface area (Å²) in [6.45, 7) is 8.88. The first kappa shape index (κ1) is 22.6. The van der Waals surface area contributed by atoms with E-state index in [1.54, 1.807) is 0 Å². The lowest BCUT2D eigenvalue weighted by molar-refractivity contribution is -0.137. The quantitative estimate of drug-likeness (QED) is 0.592. The molecule has 1 aromatic heterocycles. The monoisotopic (exact) mass is 453 g/mol. The molecule has 0 aliphatic carbocycles. The third-order valence-corrected chi connectivity index (χ3v) is 6.87. The second kappa shape index (κ2) is 9.88. The minimum atomic E-state index is -0.306. The molecule has 0 radical (unpaired) electrons. The van der Waals surface area contributed by atoms with Crippen LogP contribution in [0.1, 0.15) is 38.5 Å². The SMILES string of the molecule is CC1CCN(c2ccc(NC3=C(c4cccs4)C(=O)N(CCOC(C)C)C3=O)cc2)CC1. The molecular formula is C25H31N3O3S. The predicted octanol–water partition coefficient (Wildman–Crippen LogP) is 4.60. The molecule has 0 spiro atoms. The first-order valence-corrected chi connectivity index (χ1v) is 12.2. The van der Waals surface area contributed by atoms with Gasteiger partial charge >= 0.3 is 0 Å². The van der Waals surface area contributed by atoms with Gasteiger partial charge in [0, 0.05) is 29.3 Å². The van der Waals surface area contributed by atoms with Gasteiger partial charge in [-0.05, 0) is 68.3 Å². The van der Waals surface area contributed by atoms with Gasteiger partial charge in [-0.25, -0.2) is 0 Å². The number of hydrogen-bond donors (Lipinski definition) is 1. The molecule has 170 valence electrons. The van der Waals surface area contributed by atoms with Crippen molar-refractivity contribution >= 4 is 40.1 Å². The number of imide groups is 1. The van der Waals surface area contributed by atoms with E-state index in [0.717, 1.165) is 29.6 Å². The highest BCUT2D eigenvalue weighted by molar-refractivity contribution is 7.11. The number of ether oxygens (including phenoxy) is 1. The van der Waals surface area contributed by atoms with Crippen molar-refractivity contribution in [1.82, 2.24) is 4.90 Å². The molecule has 2 aromatic rings. The number of thiophene rings is 1. The van der Waals surface area contributed by atoms with Crippen LogP contribution in [0.25, 0.3) is 5.57 Å². The highest BCUT2D eigenvalue weighted by Crippen LogP contribution is 2.33. The van der Waals surface area contributed by atoms with Crippen LogP contribution in [0.3, 0.4) is 0 Å². The van der Waals surface area contributed by atoms with E-state index in [-0.39, 0.29) is 24.5 Å². The van der Waals surface area contributed by atoms with Gasteiger partial charge in [-0.15, -0.1) is 11.3 Å². The Labute approximate surface area is 193 Å². The van der Waals surface area contributed by atoms with E-state index < -0.39 is 0 Å². The molecule has 2 amide bonds. The maximum Gasteiger partial charge on any atom is 0.278 e. The van der Waals surface area contributed by atoms with Crippen LogP contribution in [0.4, 0.5) is 11.4 Å². The van der Waals surface area contributed by atoms with Crippen molar-refractivity contribution in [3.05, 3.63) is 52.4 Å². The average Bonchev–Trinajstić information content (AvgIpc) is 3.37. The van der Waals surface area contributed by atoms with Gasteiger partial charge in [0.1, 0.15) is 5.70 Å². The summed E-state index contributed by atoms with van der Waals surface area (Å²) < 4.78 is 5.57. The molecule has 7 heteroatoms. The molecular weight excluding hydrogens is 422 g/mol. The molecule has 32 heavy (non-hydrogen) atoms. The molecule has 0 saturated carbocycles. The summed E-state index contributed by atoms with van der Waals surface area (Å²) in [7, 11) is 0. The Bertz CT molecular complexity index is 974. The van der Waals surface area contributed by atoms with Gasteiger partial charge in [0.05, 0.1) is 24.8 Å². The normalized spacial score (nSPS) is 17.8. The standard InChI is InChI=1S/C25H31N3O3S/c1-17(2)31-15-14-28-24(29)22(21-5-4-16-32-21)23(25(28)30)26-19-6-8-20(9-7-19)27-12-10-18(3)11-13-27/h4-9,16-18,26H,10-15H2,1-3H3. The summed E-state index contributed by atoms with van der Waals surface area (Å²) in [5, 5.41) is 5.15. The van der Waals surface area contributed by atoms with E-state index >= 15 is 0 Å². The summed E-state index contributed by atoms with van der Waals surface area (Å²) in [4.78, 5) is 30.8. The third kappa shape index (κ3) is 4.89. The van der Waals surface area contributed by atoms with Gasteiger partial charge in [0.2, 0.25) is 0 Å². The number of carbonyl (C=O) groups excluding carboxylic acids is 2. The maximum atomic E-state index is 13.2. The number of nitrogens with zero attached hydrogens (tertiary/aromatic N) is 2. The number of anilines is 2. The third-order valence-electron chi connectivity index (χ3n) is 5.99. The Hall–Kier alpha value is -2.64. The van der Waals surface area contributed by atoms with Gasteiger partial charge in [-0.3, -0.25) is 14.5 Å². The fourth-order valence-corrected chi connectivity index (χ4v) is 4.86. The van der Waals surface area contributed by atoms with Crippen molar-refractivity contribution in [1.29, 1.82) is 0 Å². The van der Waals surface area contributed by atoms with Crippen molar-refractivity contribution in [2.45, 2.75) is 39.7 Å². The molecule has 6 nitrogen and oxygen atoms in total. The molecule has 0 bridgehead atoms. The molecule has 1 N–H and O–H groups in total. The fourth-order valence-electron chi connectivity index (χ4n) is 4.09. The molecule has 2 aliphatic heterocycles. The summed E-state index contributed by atoms with van der Waals surface area (Å²) in [6.07, 6.45) is 2.47. The van der Waals surface area contributed by atoms with Crippen molar-refractivity contribution in [2.24, 2.45) is 5.92 Å². The molecule has 0 atom stereocenters. The van der Waals surface area contributed by atoms with Crippen molar-refractivity contribution in [2.75, 3.05) is 36.5 Å². The number of benzene rings is 1. The number of rotatable bonds is 8. The summed E-state index contributed by atoms with van der Waals surface area (Å²) in [6, 6.07) is 11.9. The summed E-state index contributed by atoms with van der Waals surface area (Å²) in [5.74, 6) is 0.209. The first-order chi connectivity index (χ1) is 15.4. The van der Waals surface area contributed by atoms with Gasteiger partial charge in [-0.2, -0.15) is 0 Å². The number of piperidine rings is 1. The lowest BCUT2D eigenvalue weighted by Gasteiger charge is -2.32. The van der Waals surface area contributed by atoms with Crippen LogP contribution < -0.4 is 10.2 Å². The van der Waals surface area contributed by atoms with Crippen molar-refractivity contribution in [3.63, 3.8) is 0 Å². The lowest BCUT2D eigenvalue weighted by Crippen LogP contribution is -2.35. The Morgan fingerprint density at radius 1 is 1.09 bits per heavy atom. The van der Waals surface area contributed by atoms with Crippen LogP contribution in [-0.4, -0.2) is 49.1 Å². The smallest absolute Gasteiger partial charge is 0.278 e. The zero-order valence-corrected chi connectivity index (χ0v) is 19.8. The van der Waals surface area contributed by atoms with Crippen LogP contribution >= 0.6 is 11.3 Å². The van der Waals surface area contributed by atoms with Crippen LogP contribution in [-0.2, 0) is 14.3 Å². The van der Waals surface area contributed by atoms with E-state index in [1.807, 2.05) is 43.5 Å². The topological polar surface area (TPSA) is 61.9 Å². The van der Waals surface area contributed by atoms with E-state index in [2.05, 4.69) is 29.3 Å². The van der Waals surface area contributed by atoms with Crippen LogP contribution in [0.15, 0.2) is 47.5 Å². The first-order valence-electron chi connectivity index (χ1n) is 11.3. The maximum absolute atomic E-state index is 13.2. The molecule has 1 aromatic carbocycles. The highest BCUT2D eigenvalue weighted by Gasteiger charge is 2.39. The fraction of sp³-hybridized carbons (Fsp3) is 0.440. The Kier molecular flexibility index (Phi) is 6.96. The molecule has 4 rings (SSSR count). The second-order valence-electron chi connectivity index (χ2n) is 8.75. The largest absolute Gasteiger partial charge is 0.377 e. The van der Waals surface area contributed by atoms with Gasteiger partial charge in [-0.1, -0.05) is 13.0 Å². The Balaban J connectivity index is 1.53. The number of carbonyl (C=O) groups is 2. The van der Waals surface area contributed by atoms with Crippen molar-refractivity contribution < 1.29 is 14.3 Å². The number of amides is 2. The molecule has 2 aliphatic rings. The summed E-state index contributed by atoms with van der Waals surface area (Å²) in [5.41, 5.74) is 2.76. The van der Waals surface area contributed by atoms with Gasteiger partial charge in [0.25, 0.3) is 11.8 Å². The van der Waals surface area contributed by atoms with Crippen LogP contribution in [0.2, 0.25) is 0 Å². The molecule has 0 unspecified atom stereocenters. The number of hydrogen-bond acceptors (Lipinski definition) is 6. The van der Waals surface area contributed by atoms with Crippen molar-refractivity contribution in [3.8, 4) is 0 Å². The molecule has 1 saturated heterocycles. The predicted molar refractivity (Wildman–Crippen MR) is 130 cm³/mol. The minimum Gasteiger partial charge on any atom is -0.377 e. The van der Waals surface area contributed by atoms with E-state index in [0.29, 0.717) is 17.9 Å². The van der Waals surface area contributed by atoms with Crippen LogP contribution in [0, 0.1) is 5.92 Å². The molecule has 1 fully saturated rings. The highest BCUT2D eigenvalue weighted by atomic mass is 32.1. The Morgan fingerprint density at radius 2 is 1.81 bits per heavy atom. The second-order valence-corrected chi connectivity index (χ2v) is 9.70. The Morgan fingerprint density at radius 3 is 2.44 bits per heavy atom. The average molecular weight is 454 g/mol. The molecule has 3 heterocycles. The van der Waals surface area contributed by atoms with E-state index in [1.165, 1.54) is 34.8 Å². The van der Waals surface area contributed by atoms with E-state index in [4.69, 9.17) is 4.74 Å². The zero-order valence-electron chi connectivity index (χ0n) is 19.0.